The van der Waals surface area contributed by atoms with Crippen molar-refractivity contribution in [3.8, 4) is 5.69 Å². The Hall–Kier alpha value is -2.32. The van der Waals surface area contributed by atoms with E-state index in [2.05, 4.69) is 5.10 Å². The Balaban J connectivity index is 2.62. The molecule has 1 aromatic carbocycles. The molecule has 3 nitrogen and oxygen atoms in total. The van der Waals surface area contributed by atoms with Crippen LogP contribution in [0.4, 0.5) is 26.3 Å². The summed E-state index contributed by atoms with van der Waals surface area (Å²) < 4.78 is 76.8. The first-order chi connectivity index (χ1) is 9.61. The average molecular weight is 308 g/mol. The van der Waals surface area contributed by atoms with Gasteiger partial charge < -0.3 is 0 Å². The Kier molecular flexibility index (Phi) is 3.52. The summed E-state index contributed by atoms with van der Waals surface area (Å²) in [5.74, 6) is 0. The van der Waals surface area contributed by atoms with Crippen LogP contribution in [0, 0.1) is 0 Å². The third-order valence-corrected chi connectivity index (χ3v) is 2.58. The fraction of sp³-hybridized carbons (Fsp3) is 0.167. The fourth-order valence-electron chi connectivity index (χ4n) is 1.61. The van der Waals surface area contributed by atoms with Gasteiger partial charge in [0.15, 0.2) is 6.29 Å². The van der Waals surface area contributed by atoms with Crippen molar-refractivity contribution in [1.29, 1.82) is 0 Å². The first kappa shape index (κ1) is 15.1. The lowest BCUT2D eigenvalue weighted by Gasteiger charge is -2.14. The number of carbonyl (C=O) groups excluding carboxylic acids is 1. The number of hydrogen-bond donors (Lipinski definition) is 0. The molecule has 21 heavy (non-hydrogen) atoms. The maximum Gasteiger partial charge on any atom is 0.416 e. The highest BCUT2D eigenvalue weighted by molar-refractivity contribution is 5.73. The molecule has 0 fully saturated rings. The van der Waals surface area contributed by atoms with Crippen LogP contribution in [-0.4, -0.2) is 16.1 Å². The van der Waals surface area contributed by atoms with E-state index >= 15 is 0 Å². The van der Waals surface area contributed by atoms with E-state index in [1.807, 2.05) is 0 Å². The minimum Gasteiger partial charge on any atom is -0.298 e. The largest absolute Gasteiger partial charge is 0.416 e. The molecule has 2 aromatic rings. The van der Waals surface area contributed by atoms with Crippen LogP contribution in [0.1, 0.15) is 21.5 Å². The Bertz CT molecular complexity index is 639. The van der Waals surface area contributed by atoms with Crippen LogP contribution < -0.4 is 0 Å². The number of benzene rings is 1. The standard InChI is InChI=1S/C12H6F6N2O/c13-11(14,15)8-1-9(12(16,17)18)3-10(2-8)20-5-7(6-21)4-19-20/h1-6H. The summed E-state index contributed by atoms with van der Waals surface area (Å²) in [6.07, 6.45) is -7.43. The quantitative estimate of drug-likeness (QED) is 0.626. The van der Waals surface area contributed by atoms with Gasteiger partial charge in [0.25, 0.3) is 0 Å². The number of aromatic nitrogens is 2. The molecular formula is C12H6F6N2O. The van der Waals surface area contributed by atoms with Crippen molar-refractivity contribution in [2.24, 2.45) is 0 Å². The zero-order valence-corrected chi connectivity index (χ0v) is 10.0. The molecule has 112 valence electrons. The highest BCUT2D eigenvalue weighted by Crippen LogP contribution is 2.36. The number of rotatable bonds is 2. The second kappa shape index (κ2) is 4.90. The van der Waals surface area contributed by atoms with Crippen molar-refractivity contribution in [1.82, 2.24) is 9.78 Å². The van der Waals surface area contributed by atoms with E-state index in [4.69, 9.17) is 0 Å². The predicted molar refractivity (Wildman–Crippen MR) is 59.0 cm³/mol. The summed E-state index contributed by atoms with van der Waals surface area (Å²) in [6.45, 7) is 0. The summed E-state index contributed by atoms with van der Waals surface area (Å²) in [7, 11) is 0. The second-order valence-corrected chi connectivity index (χ2v) is 4.10. The molecule has 0 radical (unpaired) electrons. The minimum absolute atomic E-state index is 0.0215. The van der Waals surface area contributed by atoms with Crippen molar-refractivity contribution in [3.63, 3.8) is 0 Å². The van der Waals surface area contributed by atoms with Gasteiger partial charge in [0.1, 0.15) is 0 Å². The second-order valence-electron chi connectivity index (χ2n) is 4.10. The molecule has 0 bridgehead atoms. The zero-order valence-electron chi connectivity index (χ0n) is 10.0. The van der Waals surface area contributed by atoms with Gasteiger partial charge in [-0.15, -0.1) is 0 Å². The van der Waals surface area contributed by atoms with E-state index in [0.29, 0.717) is 18.4 Å². The molecule has 0 spiro atoms. The minimum atomic E-state index is -4.93. The number of halogens is 6. The molecule has 0 aliphatic carbocycles. The maximum absolute atomic E-state index is 12.7. The van der Waals surface area contributed by atoms with Crippen LogP contribution in [0.3, 0.4) is 0 Å². The predicted octanol–water partition coefficient (Wildman–Crippen LogP) is 3.72. The fourth-order valence-corrected chi connectivity index (χ4v) is 1.61. The molecule has 0 atom stereocenters. The van der Waals surface area contributed by atoms with Gasteiger partial charge in [-0.05, 0) is 18.2 Å². The first-order valence-corrected chi connectivity index (χ1v) is 5.41. The lowest BCUT2D eigenvalue weighted by atomic mass is 10.1. The normalized spacial score (nSPS) is 12.5. The number of aldehydes is 1. The van der Waals surface area contributed by atoms with Crippen molar-refractivity contribution in [3.05, 3.63) is 47.3 Å². The topological polar surface area (TPSA) is 34.9 Å². The molecule has 2 rings (SSSR count). The van der Waals surface area contributed by atoms with E-state index in [0.717, 1.165) is 17.1 Å². The van der Waals surface area contributed by atoms with Crippen molar-refractivity contribution < 1.29 is 31.1 Å². The monoisotopic (exact) mass is 308 g/mol. The zero-order chi connectivity index (χ0) is 15.8. The average Bonchev–Trinajstić information content (AvgIpc) is 2.85. The number of hydrogen-bond acceptors (Lipinski definition) is 2. The number of carbonyl (C=O) groups is 1. The Morgan fingerprint density at radius 2 is 1.48 bits per heavy atom. The molecule has 9 heteroatoms. The van der Waals surface area contributed by atoms with Gasteiger partial charge in [-0.2, -0.15) is 31.4 Å². The third kappa shape index (κ3) is 3.23. The van der Waals surface area contributed by atoms with Crippen LogP contribution in [-0.2, 0) is 12.4 Å². The highest BCUT2D eigenvalue weighted by atomic mass is 19.4. The van der Waals surface area contributed by atoms with E-state index < -0.39 is 29.2 Å². The number of alkyl halides is 6. The molecule has 0 unspecified atom stereocenters. The van der Waals surface area contributed by atoms with Gasteiger partial charge >= 0.3 is 12.4 Å². The van der Waals surface area contributed by atoms with Crippen molar-refractivity contribution >= 4 is 6.29 Å². The molecular weight excluding hydrogens is 302 g/mol. The van der Waals surface area contributed by atoms with Crippen LogP contribution in [0.5, 0.6) is 0 Å². The van der Waals surface area contributed by atoms with Crippen LogP contribution in [0.15, 0.2) is 30.6 Å². The lowest BCUT2D eigenvalue weighted by Crippen LogP contribution is -2.12. The molecule has 0 saturated carbocycles. The summed E-state index contributed by atoms with van der Waals surface area (Å²) >= 11 is 0. The van der Waals surface area contributed by atoms with Gasteiger partial charge in [0.2, 0.25) is 0 Å². The molecule has 0 aliphatic rings. The Morgan fingerprint density at radius 3 is 1.86 bits per heavy atom. The lowest BCUT2D eigenvalue weighted by molar-refractivity contribution is -0.143. The maximum atomic E-state index is 12.7. The van der Waals surface area contributed by atoms with E-state index in [1.54, 1.807) is 0 Å². The van der Waals surface area contributed by atoms with Crippen LogP contribution in [0.25, 0.3) is 5.69 Å². The molecule has 0 saturated heterocycles. The van der Waals surface area contributed by atoms with Gasteiger partial charge in [-0.3, -0.25) is 4.79 Å². The highest BCUT2D eigenvalue weighted by Gasteiger charge is 2.37. The van der Waals surface area contributed by atoms with Gasteiger partial charge in [0, 0.05) is 6.20 Å². The summed E-state index contributed by atoms with van der Waals surface area (Å²) in [4.78, 5) is 10.5. The van der Waals surface area contributed by atoms with E-state index in [9.17, 15) is 31.1 Å². The Morgan fingerprint density at radius 1 is 0.952 bits per heavy atom. The molecule has 1 aromatic heterocycles. The van der Waals surface area contributed by atoms with Gasteiger partial charge in [-0.1, -0.05) is 0 Å². The third-order valence-electron chi connectivity index (χ3n) is 2.58. The van der Waals surface area contributed by atoms with E-state index in [1.165, 1.54) is 0 Å². The molecule has 0 aliphatic heterocycles. The SMILES string of the molecule is O=Cc1cnn(-c2cc(C(F)(F)F)cc(C(F)(F)F)c2)c1. The van der Waals surface area contributed by atoms with Crippen molar-refractivity contribution in [2.45, 2.75) is 12.4 Å². The van der Waals surface area contributed by atoms with E-state index in [-0.39, 0.29) is 11.6 Å². The summed E-state index contributed by atoms with van der Waals surface area (Å²) in [5.41, 5.74) is -3.31. The van der Waals surface area contributed by atoms with Gasteiger partial charge in [-0.25, -0.2) is 4.68 Å². The number of nitrogens with zero attached hydrogens (tertiary/aromatic N) is 2. The van der Waals surface area contributed by atoms with Gasteiger partial charge in [0.05, 0.1) is 28.6 Å². The van der Waals surface area contributed by atoms with Crippen molar-refractivity contribution in [2.75, 3.05) is 0 Å². The molecule has 0 N–H and O–H groups in total. The first-order valence-electron chi connectivity index (χ1n) is 5.41. The molecule has 1 heterocycles. The summed E-state index contributed by atoms with van der Waals surface area (Å²) in [5, 5.41) is 3.55. The van der Waals surface area contributed by atoms with Crippen LogP contribution >= 0.6 is 0 Å². The smallest absolute Gasteiger partial charge is 0.298 e. The van der Waals surface area contributed by atoms with Crippen LogP contribution in [0.2, 0.25) is 0 Å². The molecule has 0 amide bonds. The Labute approximate surface area is 113 Å². The summed E-state index contributed by atoms with van der Waals surface area (Å²) in [6, 6.07) is 1.07.